The number of esters is 1. The van der Waals surface area contributed by atoms with Gasteiger partial charge in [-0.3, -0.25) is 19.1 Å². The van der Waals surface area contributed by atoms with E-state index in [2.05, 4.69) is 35.6 Å². The molecule has 0 N–H and O–H groups in total. The summed E-state index contributed by atoms with van der Waals surface area (Å²) in [4.78, 5) is 20.8. The third-order valence-electron chi connectivity index (χ3n) is 6.20. The van der Waals surface area contributed by atoms with Gasteiger partial charge in [-0.25, -0.2) is 13.2 Å². The van der Waals surface area contributed by atoms with Gasteiger partial charge in [0.2, 0.25) is 10.0 Å². The van der Waals surface area contributed by atoms with Gasteiger partial charge in [-0.05, 0) is 57.5 Å². The number of pyridine rings is 1. The zero-order chi connectivity index (χ0) is 24.9. The molecule has 186 valence electrons. The second kappa shape index (κ2) is 10.8. The maximum atomic E-state index is 12.9. The lowest BCUT2D eigenvalue weighted by Crippen LogP contribution is -2.53. The monoisotopic (exact) mass is 488 g/mol. The average Bonchev–Trinajstić information content (AvgIpc) is 2.82. The fourth-order valence-electron chi connectivity index (χ4n) is 4.01. The van der Waals surface area contributed by atoms with Gasteiger partial charge >= 0.3 is 5.97 Å². The Labute approximate surface area is 203 Å². The van der Waals surface area contributed by atoms with Crippen molar-refractivity contribution >= 4 is 21.7 Å². The van der Waals surface area contributed by atoms with Crippen LogP contribution in [0.4, 0.5) is 5.69 Å². The molecule has 9 heteroatoms. The molecular formula is C25H36N4O4S. The first-order chi connectivity index (χ1) is 16.0. The Bertz CT molecular complexity index is 1060. The fourth-order valence-corrected chi connectivity index (χ4v) is 5.10. The zero-order valence-corrected chi connectivity index (χ0v) is 21.6. The maximum absolute atomic E-state index is 12.9. The van der Waals surface area contributed by atoms with Gasteiger partial charge in [0, 0.05) is 44.5 Å². The van der Waals surface area contributed by atoms with Crippen molar-refractivity contribution in [2.75, 3.05) is 43.3 Å². The Balaban J connectivity index is 1.70. The summed E-state index contributed by atoms with van der Waals surface area (Å²) in [6.45, 7) is 13.4. The van der Waals surface area contributed by atoms with Crippen molar-refractivity contribution in [1.29, 1.82) is 0 Å². The van der Waals surface area contributed by atoms with Gasteiger partial charge in [-0.2, -0.15) is 0 Å². The summed E-state index contributed by atoms with van der Waals surface area (Å²) >= 11 is 0. The first-order valence-electron chi connectivity index (χ1n) is 11.6. The first-order valence-corrected chi connectivity index (χ1v) is 13.2. The van der Waals surface area contributed by atoms with Gasteiger partial charge < -0.3 is 4.74 Å². The third kappa shape index (κ3) is 6.55. The molecule has 0 unspecified atom stereocenters. The van der Waals surface area contributed by atoms with Crippen LogP contribution in [0.5, 0.6) is 0 Å². The Morgan fingerprint density at radius 1 is 1.06 bits per heavy atom. The van der Waals surface area contributed by atoms with Gasteiger partial charge in [0.15, 0.2) is 0 Å². The highest BCUT2D eigenvalue weighted by atomic mass is 32.2. The van der Waals surface area contributed by atoms with E-state index in [-0.39, 0.29) is 17.8 Å². The quantitative estimate of drug-likeness (QED) is 0.528. The van der Waals surface area contributed by atoms with E-state index in [1.54, 1.807) is 19.1 Å². The summed E-state index contributed by atoms with van der Waals surface area (Å²) in [6, 6.07) is 11.0. The van der Waals surface area contributed by atoms with E-state index in [4.69, 9.17) is 4.74 Å². The molecule has 1 aromatic heterocycles. The van der Waals surface area contributed by atoms with Crippen molar-refractivity contribution in [1.82, 2.24) is 14.8 Å². The zero-order valence-electron chi connectivity index (χ0n) is 20.8. The number of hydrogen-bond donors (Lipinski definition) is 0. The van der Waals surface area contributed by atoms with Crippen LogP contribution in [0.15, 0.2) is 42.6 Å². The number of sulfonamides is 1. The number of nitrogens with zero attached hydrogens (tertiary/aromatic N) is 4. The van der Waals surface area contributed by atoms with Crippen molar-refractivity contribution in [2.24, 2.45) is 0 Å². The van der Waals surface area contributed by atoms with Gasteiger partial charge in [-0.15, -0.1) is 0 Å². The molecule has 3 rings (SSSR count). The second-order valence-electron chi connectivity index (χ2n) is 9.54. The maximum Gasteiger partial charge on any atom is 0.339 e. The van der Waals surface area contributed by atoms with Crippen LogP contribution >= 0.6 is 0 Å². The Morgan fingerprint density at radius 3 is 2.21 bits per heavy atom. The molecular weight excluding hydrogens is 452 g/mol. The normalized spacial score (nSPS) is 15.8. The van der Waals surface area contributed by atoms with Crippen molar-refractivity contribution < 1.29 is 17.9 Å². The van der Waals surface area contributed by atoms with Crippen LogP contribution in [0.25, 0.3) is 0 Å². The third-order valence-corrected chi connectivity index (χ3v) is 7.94. The Kier molecular flexibility index (Phi) is 8.33. The molecule has 8 nitrogen and oxygen atoms in total. The van der Waals surface area contributed by atoms with E-state index in [0.29, 0.717) is 16.9 Å². The van der Waals surface area contributed by atoms with Crippen molar-refractivity contribution in [3.8, 4) is 0 Å². The lowest BCUT2D eigenvalue weighted by molar-refractivity contribution is 0.0590. The highest BCUT2D eigenvalue weighted by Crippen LogP contribution is 2.23. The van der Waals surface area contributed by atoms with E-state index in [9.17, 15) is 13.2 Å². The highest BCUT2D eigenvalue weighted by Gasteiger charge is 2.26. The number of methoxy groups -OCH3 is 1. The van der Waals surface area contributed by atoms with Gasteiger partial charge in [0.1, 0.15) is 0 Å². The summed E-state index contributed by atoms with van der Waals surface area (Å²) in [5.74, 6) is -0.500. The minimum atomic E-state index is -3.52. The van der Waals surface area contributed by atoms with Crippen LogP contribution in [0, 0.1) is 0 Å². The molecule has 0 spiro atoms. The van der Waals surface area contributed by atoms with Crippen LogP contribution < -0.4 is 4.31 Å². The first kappa shape index (κ1) is 26.1. The molecule has 2 aromatic rings. The number of ether oxygens (including phenoxy) is 1. The molecule has 1 fully saturated rings. The van der Waals surface area contributed by atoms with Gasteiger partial charge in [0.05, 0.1) is 36.4 Å². The van der Waals surface area contributed by atoms with Crippen molar-refractivity contribution in [3.05, 3.63) is 59.4 Å². The number of aromatic nitrogens is 1. The molecule has 1 aliphatic heterocycles. The summed E-state index contributed by atoms with van der Waals surface area (Å²) in [5, 5.41) is 0. The molecule has 2 heterocycles. The molecule has 0 amide bonds. The van der Waals surface area contributed by atoms with E-state index >= 15 is 0 Å². The van der Waals surface area contributed by atoms with Crippen molar-refractivity contribution in [3.63, 3.8) is 0 Å². The number of benzene rings is 1. The number of carbonyl (C=O) groups excluding carboxylic acids is 1. The van der Waals surface area contributed by atoms with Gasteiger partial charge in [-0.1, -0.05) is 12.1 Å². The Hall–Kier alpha value is -2.49. The minimum absolute atomic E-state index is 0.0208. The van der Waals surface area contributed by atoms with E-state index < -0.39 is 16.0 Å². The van der Waals surface area contributed by atoms with E-state index in [1.165, 1.54) is 17.6 Å². The predicted molar refractivity (Wildman–Crippen MR) is 134 cm³/mol. The number of carbonyl (C=O) groups is 1. The SMILES string of the molecule is CCS(=O)(=O)N(Cc1ccc(C(=O)OC)cn1)c1ccc(CN2CCN(C(C)(C)C)CC2)cc1. The summed E-state index contributed by atoms with van der Waals surface area (Å²) in [6.07, 6.45) is 1.40. The van der Waals surface area contributed by atoms with E-state index in [0.717, 1.165) is 38.3 Å². The average molecular weight is 489 g/mol. The molecule has 0 saturated carbocycles. The van der Waals surface area contributed by atoms with Crippen LogP contribution in [0.3, 0.4) is 0 Å². The number of hydrogen-bond acceptors (Lipinski definition) is 7. The molecule has 0 aliphatic carbocycles. The molecule has 34 heavy (non-hydrogen) atoms. The topological polar surface area (TPSA) is 83.0 Å². The standard InChI is InChI=1S/C25H36N4O4S/c1-6-34(31,32)29(19-22-10-9-21(17-26-22)24(30)33-5)23-11-7-20(8-12-23)18-27-13-15-28(16-14-27)25(2,3)4/h7-12,17H,6,13-16,18-19H2,1-5H3. The Morgan fingerprint density at radius 2 is 1.71 bits per heavy atom. The summed E-state index contributed by atoms with van der Waals surface area (Å²) in [7, 11) is -2.21. The number of anilines is 1. The van der Waals surface area contributed by atoms with Crippen LogP contribution in [-0.2, 0) is 27.8 Å². The number of rotatable bonds is 8. The molecule has 0 bridgehead atoms. The predicted octanol–water partition coefficient (Wildman–Crippen LogP) is 3.14. The van der Waals surface area contributed by atoms with Crippen molar-refractivity contribution in [2.45, 2.75) is 46.3 Å². The molecule has 1 saturated heterocycles. The van der Waals surface area contributed by atoms with Crippen LogP contribution in [0.1, 0.15) is 49.3 Å². The van der Waals surface area contributed by atoms with E-state index in [1.807, 2.05) is 24.3 Å². The largest absolute Gasteiger partial charge is 0.465 e. The molecule has 0 atom stereocenters. The molecule has 1 aliphatic rings. The molecule has 1 aromatic carbocycles. The lowest BCUT2D eigenvalue weighted by Gasteiger charge is -2.42. The fraction of sp³-hybridized carbons (Fsp3) is 0.520. The lowest BCUT2D eigenvalue weighted by atomic mass is 10.0. The number of piperazine rings is 1. The summed E-state index contributed by atoms with van der Waals surface area (Å²) in [5.41, 5.74) is 2.81. The highest BCUT2D eigenvalue weighted by molar-refractivity contribution is 7.92. The molecule has 0 radical (unpaired) electrons. The van der Waals surface area contributed by atoms with Crippen LogP contribution in [-0.4, -0.2) is 73.8 Å². The minimum Gasteiger partial charge on any atom is -0.465 e. The van der Waals surface area contributed by atoms with Gasteiger partial charge in [0.25, 0.3) is 0 Å². The summed E-state index contributed by atoms with van der Waals surface area (Å²) < 4.78 is 31.8. The van der Waals surface area contributed by atoms with Crippen LogP contribution in [0.2, 0.25) is 0 Å². The smallest absolute Gasteiger partial charge is 0.339 e. The second-order valence-corrected chi connectivity index (χ2v) is 11.7.